The monoisotopic (exact) mass is 1390 g/mol. The first-order valence-corrected chi connectivity index (χ1v) is 36.3. The van der Waals surface area contributed by atoms with Crippen molar-refractivity contribution in [2.24, 2.45) is 35.5 Å². The molecule has 1 saturated carbocycles. The van der Waals surface area contributed by atoms with E-state index in [1.54, 1.807) is 56.2 Å². The van der Waals surface area contributed by atoms with Gasteiger partial charge in [0.05, 0.1) is 82.5 Å². The molecule has 1 amide bonds. The summed E-state index contributed by atoms with van der Waals surface area (Å²) >= 11 is 0. The van der Waals surface area contributed by atoms with E-state index in [0.29, 0.717) is 84.6 Å². The lowest BCUT2D eigenvalue weighted by molar-refractivity contribution is -0.266. The van der Waals surface area contributed by atoms with E-state index >= 15 is 4.79 Å². The number of pyridine rings is 2. The van der Waals surface area contributed by atoms with Gasteiger partial charge in [-0.25, -0.2) is 9.59 Å². The number of esters is 1. The van der Waals surface area contributed by atoms with Gasteiger partial charge in [0.1, 0.15) is 30.1 Å². The zero-order valence-electron chi connectivity index (χ0n) is 61.1. The Morgan fingerprint density at radius 3 is 2.28 bits per heavy atom. The van der Waals surface area contributed by atoms with Crippen LogP contribution in [0, 0.1) is 46.8 Å². The van der Waals surface area contributed by atoms with Gasteiger partial charge in [-0.1, -0.05) is 107 Å². The first-order valence-electron chi connectivity index (χ1n) is 36.3. The highest BCUT2D eigenvalue weighted by molar-refractivity contribution is 6.39. The van der Waals surface area contributed by atoms with E-state index in [2.05, 4.69) is 12.1 Å². The number of rotatable bonds is 12. The molecule has 0 spiro atoms. The summed E-state index contributed by atoms with van der Waals surface area (Å²) in [7, 11) is 2.93. The predicted octanol–water partition coefficient (Wildman–Crippen LogP) is 12.5. The van der Waals surface area contributed by atoms with Crippen LogP contribution in [0.4, 0.5) is 0 Å². The maximum Gasteiger partial charge on any atom is 0.334 e. The highest BCUT2D eigenvalue weighted by Crippen LogP contribution is 2.40. The molecule has 20 nitrogen and oxygen atoms in total. The molecule has 10 rings (SSSR count). The van der Waals surface area contributed by atoms with Crippen LogP contribution < -0.4 is 5.69 Å². The van der Waals surface area contributed by atoms with Crippen LogP contribution in [0.25, 0.3) is 49.7 Å². The minimum absolute atomic E-state index is 0.0121. The summed E-state index contributed by atoms with van der Waals surface area (Å²) < 4.78 is 34.6. The fourth-order valence-corrected chi connectivity index (χ4v) is 15.4. The van der Waals surface area contributed by atoms with Gasteiger partial charge >= 0.3 is 11.7 Å². The Morgan fingerprint density at radius 2 is 1.55 bits per heavy atom. The number of benzene rings is 3. The van der Waals surface area contributed by atoms with Crippen LogP contribution in [0.15, 0.2) is 138 Å². The molecule has 0 radical (unpaired) electrons. The van der Waals surface area contributed by atoms with E-state index < -0.39 is 101 Å². The number of hydrogen-bond donors (Lipinski definition) is 3. The number of allylic oxidation sites excluding steroid dienone is 6. The number of methoxy groups -OCH3 is 2. The van der Waals surface area contributed by atoms with E-state index in [1.165, 1.54) is 12.0 Å². The molecule has 3 aliphatic heterocycles. The Morgan fingerprint density at radius 1 is 0.804 bits per heavy atom. The van der Waals surface area contributed by atoms with Crippen LogP contribution in [-0.4, -0.2) is 150 Å². The maximum atomic E-state index is 15.5. The van der Waals surface area contributed by atoms with Crippen molar-refractivity contribution in [1.82, 2.24) is 24.0 Å². The maximum absolute atomic E-state index is 15.5. The van der Waals surface area contributed by atoms with Crippen molar-refractivity contribution in [3.05, 3.63) is 149 Å². The van der Waals surface area contributed by atoms with Crippen molar-refractivity contribution in [2.45, 2.75) is 212 Å². The highest BCUT2D eigenvalue weighted by Gasteiger charge is 2.53. The number of piperidine rings is 1. The molecule has 16 atom stereocenters. The van der Waals surface area contributed by atoms with Crippen molar-refractivity contribution in [1.29, 1.82) is 5.26 Å². The summed E-state index contributed by atoms with van der Waals surface area (Å²) in [5, 5.41) is 46.8. The fourth-order valence-electron chi connectivity index (χ4n) is 15.4. The SMILES string of the molecule is CO[C@@H]1C[C@@H](CC(C)[C@@H]2CC(=O)[C@H](C)/C=C(\C)[C@@H](O)[C@@H](OC)C(=O)[C@H](C)C[C@H](C)/C=C/C=C/C=C(/C)[C@@H](OCC(C)n3c(=O)n(-c4ccc(C(C)(C)C#N)cc4)c4c5cc(-c6cnc7ccccc7c6)ccc5ncc43)C[C@@H]3CC[C@@H](C)[C@@](O)(O3)C(=O)C(=O)N3CCCC[C@H]3C(=O)O2)CC[C@H]1O. The van der Waals surface area contributed by atoms with Crippen molar-refractivity contribution in [2.75, 3.05) is 27.4 Å². The average molecular weight is 1400 g/mol. The quantitative estimate of drug-likeness (QED) is 0.0583. The predicted molar refractivity (Wildman–Crippen MR) is 391 cm³/mol. The summed E-state index contributed by atoms with van der Waals surface area (Å²) in [5.74, 6) is -8.93. The Kier molecular flexibility index (Phi) is 24.8. The topological polar surface area (TPSA) is 272 Å². The number of fused-ring (bicyclic) bond motifs is 7. The van der Waals surface area contributed by atoms with Gasteiger partial charge in [-0.05, 0) is 175 Å². The Balaban J connectivity index is 0.986. The second-order valence-corrected chi connectivity index (χ2v) is 29.9. The molecule has 3 aromatic carbocycles. The number of aliphatic hydroxyl groups is 3. The third-order valence-electron chi connectivity index (χ3n) is 21.9. The van der Waals surface area contributed by atoms with Crippen molar-refractivity contribution < 1.29 is 63.0 Å². The Labute approximate surface area is 598 Å². The normalized spacial score (nSPS) is 30.5. The zero-order valence-corrected chi connectivity index (χ0v) is 61.1. The lowest BCUT2D eigenvalue weighted by Crippen LogP contribution is -2.61. The molecule has 3 aromatic heterocycles. The lowest BCUT2D eigenvalue weighted by Gasteiger charge is -2.43. The van der Waals surface area contributed by atoms with E-state index in [1.807, 2.05) is 145 Å². The van der Waals surface area contributed by atoms with E-state index in [4.69, 9.17) is 33.7 Å². The number of nitrogens with zero attached hydrogens (tertiary/aromatic N) is 6. The molecule has 6 aromatic rings. The minimum Gasteiger partial charge on any atom is -0.460 e. The number of para-hydroxylation sites is 1. The van der Waals surface area contributed by atoms with Crippen LogP contribution >= 0.6 is 0 Å². The number of hydrogen-bond acceptors (Lipinski definition) is 17. The number of carbonyl (C=O) groups is 5. The van der Waals surface area contributed by atoms with Crippen molar-refractivity contribution >= 4 is 62.1 Å². The van der Waals surface area contributed by atoms with Gasteiger partial charge in [0.2, 0.25) is 5.79 Å². The third-order valence-corrected chi connectivity index (χ3v) is 21.9. The molecule has 2 saturated heterocycles. The van der Waals surface area contributed by atoms with Gasteiger partial charge in [-0.2, -0.15) is 5.26 Å². The molecule has 2 unspecified atom stereocenters. The molecule has 4 aliphatic rings. The van der Waals surface area contributed by atoms with E-state index in [9.17, 15) is 44.6 Å². The summed E-state index contributed by atoms with van der Waals surface area (Å²) in [6.07, 6.45) is 12.8. The van der Waals surface area contributed by atoms with Crippen molar-refractivity contribution in [3.8, 4) is 22.9 Å². The van der Waals surface area contributed by atoms with Crippen LogP contribution in [0.3, 0.4) is 0 Å². The average Bonchev–Trinajstić information content (AvgIpc) is 1.55. The number of Topliss-reactive ketones (excluding diaryl/α,β-unsaturated/α-hetero) is 3. The van der Waals surface area contributed by atoms with E-state index in [-0.39, 0.29) is 74.0 Å². The number of amides is 1. The molecule has 6 heterocycles. The summed E-state index contributed by atoms with van der Waals surface area (Å²) in [4.78, 5) is 99.7. The number of ketones is 3. The van der Waals surface area contributed by atoms with Gasteiger partial charge in [-0.15, -0.1) is 0 Å². The Hall–Kier alpha value is -8.13. The van der Waals surface area contributed by atoms with Crippen molar-refractivity contribution in [3.63, 3.8) is 0 Å². The lowest BCUT2D eigenvalue weighted by atomic mass is 9.78. The molecule has 2 bridgehead atoms. The number of imidazole rings is 1. The van der Waals surface area contributed by atoms with Crippen LogP contribution in [0.2, 0.25) is 0 Å². The molecule has 102 heavy (non-hydrogen) atoms. The van der Waals surface area contributed by atoms with Crippen LogP contribution in [0.1, 0.15) is 158 Å². The second-order valence-electron chi connectivity index (χ2n) is 29.9. The summed E-state index contributed by atoms with van der Waals surface area (Å²) in [6.45, 7) is 18.1. The molecule has 3 fully saturated rings. The molecular weight excluding hydrogens is 1290 g/mol. The summed E-state index contributed by atoms with van der Waals surface area (Å²) in [5.41, 5.74) is 5.69. The standard InChI is InChI=1S/C82H102N6O14/c1-48-20-14-13-15-21-49(2)70(100-46-55(8)87-67-45-85-65-33-27-57(59-40-58-22-16-17-23-64(58)84-44-59)41-63(65)73(67)88(80(87)96)61-30-28-60(29-31-61)81(9,10)47-83)42-62-32-25-54(7)82(97,102-62)77(93)78(94)86-35-19-18-24-66(86)79(95)101-71(51(4)38-56-26-34-68(89)72(39-56)98-11)43-69(90)50(3)37-53(6)75(92)76(99-12)74(91)52(5)36-48/h13-17,20-23,27-31,33,37,40-41,44-45,48,50-52,54-56,62,66,68,70-72,75-76,89,92,97H,18-19,24-26,32,34-36,38-39,42-43,46H2,1-12H3/b15-13+,20-14+,49-21-,53-37+/t48-,50-,51?,52-,54-,55?,56-,62+,66+,68-,70+,71+,72-,75-,76+,82-/m1/s1. The van der Waals surface area contributed by atoms with Gasteiger partial charge in [-0.3, -0.25) is 38.3 Å². The molecule has 20 heteroatoms. The smallest absolute Gasteiger partial charge is 0.334 e. The zero-order chi connectivity index (χ0) is 73.5. The van der Waals surface area contributed by atoms with E-state index in [0.717, 1.165) is 33.2 Å². The molecular formula is C82H102N6O14. The third kappa shape index (κ3) is 16.9. The first kappa shape index (κ1) is 76.5. The first-order chi connectivity index (χ1) is 48.7. The number of aliphatic hydroxyl groups excluding tert-OH is 2. The number of aromatic nitrogens is 4. The molecule has 544 valence electrons. The van der Waals surface area contributed by atoms with Crippen LogP contribution in [0.5, 0.6) is 0 Å². The number of ether oxygens (including phenoxy) is 5. The fraction of sp³-hybridized carbons (Fsp3) is 0.524. The van der Waals surface area contributed by atoms with Gasteiger partial charge < -0.3 is 43.9 Å². The summed E-state index contributed by atoms with van der Waals surface area (Å²) in [6, 6.07) is 23.9. The minimum atomic E-state index is -2.61. The molecule has 1 aliphatic carbocycles. The Bertz CT molecular complexity index is 4270. The largest absolute Gasteiger partial charge is 0.460 e. The number of nitriles is 1. The molecule has 3 N–H and O–H groups in total. The van der Waals surface area contributed by atoms with Gasteiger partial charge in [0.25, 0.3) is 11.7 Å². The van der Waals surface area contributed by atoms with Crippen LogP contribution in [-0.2, 0) is 53.1 Å². The second kappa shape index (κ2) is 33.1. The van der Waals surface area contributed by atoms with Gasteiger partial charge in [0.15, 0.2) is 5.78 Å². The number of cyclic esters (lactones) is 1. The highest BCUT2D eigenvalue weighted by atomic mass is 16.6. The number of carbonyl (C=O) groups excluding carboxylic acids is 5. The van der Waals surface area contributed by atoms with Gasteiger partial charge in [0, 0.05) is 73.9 Å².